The number of hydrogen-bond acceptors (Lipinski definition) is 2. The van der Waals surface area contributed by atoms with E-state index in [0.29, 0.717) is 18.4 Å². The quantitative estimate of drug-likeness (QED) is 0.530. The topological polar surface area (TPSA) is 49.4 Å². The average molecular weight is 511 g/mol. The fourth-order valence-electron chi connectivity index (χ4n) is 9.92. The minimum atomic E-state index is -0.779. The molecule has 0 aromatic heterocycles. The van der Waals surface area contributed by atoms with Crippen LogP contribution >= 0.6 is 0 Å². The average Bonchev–Trinajstić information content (AvgIpc) is 2.89. The number of carbonyl (C=O) groups excluding carboxylic acids is 2. The maximum absolute atomic E-state index is 14.8. The van der Waals surface area contributed by atoms with Crippen LogP contribution in [0.2, 0.25) is 0 Å². The molecule has 38 heavy (non-hydrogen) atoms. The summed E-state index contributed by atoms with van der Waals surface area (Å²) in [5, 5.41) is 3.74. The van der Waals surface area contributed by atoms with Gasteiger partial charge in [-0.1, -0.05) is 54.6 Å². The molecule has 4 bridgehead atoms. The summed E-state index contributed by atoms with van der Waals surface area (Å²) in [6.45, 7) is 2.17. The van der Waals surface area contributed by atoms with Gasteiger partial charge in [0.05, 0.1) is 0 Å². The smallest absolute Gasteiger partial charge is 0.246 e. The molecule has 5 saturated carbocycles. The Morgan fingerprint density at radius 3 is 2.00 bits per heavy atom. The van der Waals surface area contributed by atoms with E-state index < -0.39 is 5.54 Å². The Bertz CT molecular complexity index is 1190. The Balaban J connectivity index is 1.23. The highest BCUT2D eigenvalue weighted by atomic mass is 16.2. The number of benzene rings is 2. The molecule has 0 aliphatic heterocycles. The third-order valence-electron chi connectivity index (χ3n) is 11.2. The minimum absolute atomic E-state index is 0.0178. The van der Waals surface area contributed by atoms with Crippen LogP contribution in [0.15, 0.2) is 54.6 Å². The van der Waals surface area contributed by atoms with Gasteiger partial charge in [0.15, 0.2) is 0 Å². The number of rotatable bonds is 5. The van der Waals surface area contributed by atoms with Crippen LogP contribution in [0, 0.1) is 29.6 Å². The number of amides is 2. The van der Waals surface area contributed by atoms with Crippen molar-refractivity contribution in [2.45, 2.75) is 95.2 Å². The lowest BCUT2D eigenvalue weighted by molar-refractivity contribution is -0.156. The van der Waals surface area contributed by atoms with Crippen molar-refractivity contribution in [3.05, 3.63) is 71.3 Å². The molecular weight excluding hydrogens is 468 g/mol. The lowest BCUT2D eigenvalue weighted by atomic mass is 9.52. The second-order valence-corrected chi connectivity index (χ2v) is 13.7. The zero-order valence-corrected chi connectivity index (χ0v) is 22.8. The fourth-order valence-corrected chi connectivity index (χ4v) is 9.92. The van der Waals surface area contributed by atoms with E-state index in [4.69, 9.17) is 0 Å². The van der Waals surface area contributed by atoms with Gasteiger partial charge in [0.1, 0.15) is 5.54 Å². The standard InChI is InChI=1S/C34H42N2O2/c1-23(37)36(22-24-7-3-2-4-8-24)34(12-11-30-16-28-9-5-6-10-29(28)17-31(30)21-34)32(38)35-33-18-25-13-26(19-33)15-27(14-25)20-33/h2-10,25-27,30-31H,11-22H2,1H3,(H,35,38). The molecule has 6 aliphatic carbocycles. The van der Waals surface area contributed by atoms with Gasteiger partial charge in [-0.05, 0) is 117 Å². The van der Waals surface area contributed by atoms with Gasteiger partial charge in [0.25, 0.3) is 0 Å². The van der Waals surface area contributed by atoms with Crippen molar-refractivity contribution in [2.75, 3.05) is 0 Å². The third kappa shape index (κ3) is 4.19. The Kier molecular flexibility index (Phi) is 5.94. The molecule has 3 unspecified atom stereocenters. The van der Waals surface area contributed by atoms with Crippen molar-refractivity contribution in [3.8, 4) is 0 Å². The van der Waals surface area contributed by atoms with Gasteiger partial charge >= 0.3 is 0 Å². The molecule has 4 nitrogen and oxygen atoms in total. The Morgan fingerprint density at radius 1 is 0.816 bits per heavy atom. The first kappa shape index (κ1) is 24.4. The minimum Gasteiger partial charge on any atom is -0.349 e. The largest absolute Gasteiger partial charge is 0.349 e. The van der Waals surface area contributed by atoms with Gasteiger partial charge in [0, 0.05) is 19.0 Å². The SMILES string of the molecule is CC(=O)N(Cc1ccccc1)C1(C(=O)NC23CC4CC(CC(C4)C2)C3)CCC2Cc3ccccc3CC2C1. The number of carbonyl (C=O) groups is 2. The predicted molar refractivity (Wildman–Crippen MR) is 149 cm³/mol. The highest BCUT2D eigenvalue weighted by molar-refractivity contribution is 5.91. The van der Waals surface area contributed by atoms with Gasteiger partial charge in [-0.3, -0.25) is 9.59 Å². The second kappa shape index (κ2) is 9.24. The van der Waals surface area contributed by atoms with Gasteiger partial charge in [-0.25, -0.2) is 0 Å². The van der Waals surface area contributed by atoms with E-state index in [1.807, 2.05) is 23.1 Å². The molecule has 0 heterocycles. The summed E-state index contributed by atoms with van der Waals surface area (Å²) in [7, 11) is 0. The van der Waals surface area contributed by atoms with E-state index in [1.165, 1.54) is 30.4 Å². The Morgan fingerprint density at radius 2 is 1.39 bits per heavy atom. The lowest BCUT2D eigenvalue weighted by Crippen LogP contribution is -2.68. The van der Waals surface area contributed by atoms with Crippen molar-refractivity contribution in [3.63, 3.8) is 0 Å². The van der Waals surface area contributed by atoms with Crippen LogP contribution in [-0.4, -0.2) is 27.8 Å². The first-order valence-electron chi connectivity index (χ1n) is 15.1. The molecule has 200 valence electrons. The van der Waals surface area contributed by atoms with Crippen molar-refractivity contribution < 1.29 is 9.59 Å². The van der Waals surface area contributed by atoms with E-state index in [9.17, 15) is 9.59 Å². The zero-order valence-electron chi connectivity index (χ0n) is 22.8. The molecular formula is C34H42N2O2. The van der Waals surface area contributed by atoms with Crippen LogP contribution in [0.25, 0.3) is 0 Å². The zero-order chi connectivity index (χ0) is 25.9. The Labute approximate surface area is 227 Å². The van der Waals surface area contributed by atoms with E-state index in [1.54, 1.807) is 6.92 Å². The van der Waals surface area contributed by atoms with Crippen molar-refractivity contribution in [1.82, 2.24) is 10.2 Å². The van der Waals surface area contributed by atoms with Crippen LogP contribution in [0.3, 0.4) is 0 Å². The summed E-state index contributed by atoms with van der Waals surface area (Å²) in [5.74, 6) is 3.50. The van der Waals surface area contributed by atoms with Gasteiger partial charge in [-0.15, -0.1) is 0 Å². The molecule has 6 aliphatic rings. The fraction of sp³-hybridized carbons (Fsp3) is 0.588. The maximum Gasteiger partial charge on any atom is 0.246 e. The third-order valence-corrected chi connectivity index (χ3v) is 11.2. The van der Waals surface area contributed by atoms with Gasteiger partial charge in [0.2, 0.25) is 11.8 Å². The molecule has 1 N–H and O–H groups in total. The number of nitrogens with one attached hydrogen (secondary N) is 1. The number of nitrogens with zero attached hydrogens (tertiary/aromatic N) is 1. The second-order valence-electron chi connectivity index (χ2n) is 13.7. The summed E-state index contributed by atoms with van der Waals surface area (Å²) < 4.78 is 0. The molecule has 5 fully saturated rings. The summed E-state index contributed by atoms with van der Waals surface area (Å²) >= 11 is 0. The van der Waals surface area contributed by atoms with E-state index in [2.05, 4.69) is 41.7 Å². The molecule has 0 saturated heterocycles. The summed E-state index contributed by atoms with van der Waals surface area (Å²) in [6.07, 6.45) is 12.2. The lowest BCUT2D eigenvalue weighted by Gasteiger charge is -2.58. The molecule has 2 aromatic carbocycles. The highest BCUT2D eigenvalue weighted by Crippen LogP contribution is 2.56. The molecule has 4 heteroatoms. The predicted octanol–water partition coefficient (Wildman–Crippen LogP) is 6.07. The molecule has 0 radical (unpaired) electrons. The summed E-state index contributed by atoms with van der Waals surface area (Å²) in [6, 6.07) is 19.1. The normalized spacial score (nSPS) is 36.7. The first-order valence-corrected chi connectivity index (χ1v) is 15.1. The van der Waals surface area contributed by atoms with E-state index in [-0.39, 0.29) is 17.4 Å². The molecule has 8 rings (SSSR count). The van der Waals surface area contributed by atoms with Crippen LogP contribution in [-0.2, 0) is 29.0 Å². The maximum atomic E-state index is 14.8. The van der Waals surface area contributed by atoms with Gasteiger partial charge in [-0.2, -0.15) is 0 Å². The highest BCUT2D eigenvalue weighted by Gasteiger charge is 2.56. The molecule has 3 atom stereocenters. The molecule has 2 aromatic rings. The van der Waals surface area contributed by atoms with Gasteiger partial charge < -0.3 is 10.2 Å². The Hall–Kier alpha value is -2.62. The molecule has 2 amide bonds. The first-order chi connectivity index (χ1) is 18.4. The van der Waals surface area contributed by atoms with Crippen LogP contribution in [0.4, 0.5) is 0 Å². The van der Waals surface area contributed by atoms with Crippen LogP contribution in [0.1, 0.15) is 81.4 Å². The van der Waals surface area contributed by atoms with E-state index in [0.717, 1.165) is 74.7 Å². The number of fused-ring (bicyclic) bond motifs is 2. The summed E-state index contributed by atoms with van der Waals surface area (Å²) in [5.41, 5.74) is 3.18. The summed E-state index contributed by atoms with van der Waals surface area (Å²) in [4.78, 5) is 30.1. The van der Waals surface area contributed by atoms with Crippen molar-refractivity contribution in [1.29, 1.82) is 0 Å². The monoisotopic (exact) mass is 510 g/mol. The van der Waals surface area contributed by atoms with E-state index >= 15 is 0 Å². The molecule has 0 spiro atoms. The van der Waals surface area contributed by atoms with Crippen LogP contribution in [0.5, 0.6) is 0 Å². The van der Waals surface area contributed by atoms with Crippen molar-refractivity contribution in [2.24, 2.45) is 29.6 Å². The number of hydrogen-bond donors (Lipinski definition) is 1. The van der Waals surface area contributed by atoms with Crippen LogP contribution < -0.4 is 5.32 Å². The van der Waals surface area contributed by atoms with Crippen molar-refractivity contribution >= 4 is 11.8 Å².